The molecule has 0 aromatic carbocycles. The number of pyridine rings is 1. The number of rotatable bonds is 2. The molecule has 2 atom stereocenters. The molecule has 3 rings (SSSR count). The fourth-order valence-electron chi connectivity index (χ4n) is 3.13. The molecule has 1 aromatic rings. The molecule has 3 heterocycles. The molecule has 2 aliphatic heterocycles. The van der Waals surface area contributed by atoms with Crippen molar-refractivity contribution in [1.29, 1.82) is 0 Å². The van der Waals surface area contributed by atoms with Crippen LogP contribution in [-0.4, -0.2) is 53.7 Å². The third kappa shape index (κ3) is 2.17. The Balaban J connectivity index is 1.82. The number of halogens is 1. The van der Waals surface area contributed by atoms with E-state index in [0.717, 1.165) is 19.6 Å². The van der Waals surface area contributed by atoms with Crippen molar-refractivity contribution in [2.75, 3.05) is 31.6 Å². The van der Waals surface area contributed by atoms with Gasteiger partial charge in [0.1, 0.15) is 5.82 Å². The van der Waals surface area contributed by atoms with Gasteiger partial charge < -0.3 is 14.9 Å². The van der Waals surface area contributed by atoms with E-state index in [2.05, 4.69) is 21.8 Å². The highest BCUT2D eigenvalue weighted by atomic mass is 35.5. The van der Waals surface area contributed by atoms with Crippen molar-refractivity contribution in [3.63, 3.8) is 0 Å². The summed E-state index contributed by atoms with van der Waals surface area (Å²) in [4.78, 5) is 19.6. The highest BCUT2D eigenvalue weighted by Crippen LogP contribution is 2.35. The van der Waals surface area contributed by atoms with E-state index in [4.69, 9.17) is 16.7 Å². The van der Waals surface area contributed by atoms with Gasteiger partial charge in [-0.2, -0.15) is 0 Å². The lowest BCUT2D eigenvalue weighted by atomic mass is 10.1. The fourth-order valence-corrected chi connectivity index (χ4v) is 3.41. The summed E-state index contributed by atoms with van der Waals surface area (Å²) in [5.74, 6) is 0.371. The van der Waals surface area contributed by atoms with Gasteiger partial charge in [0, 0.05) is 25.3 Å². The van der Waals surface area contributed by atoms with Crippen molar-refractivity contribution >= 4 is 23.4 Å². The first kappa shape index (κ1) is 12.7. The molecule has 102 valence electrons. The van der Waals surface area contributed by atoms with Gasteiger partial charge >= 0.3 is 5.97 Å². The van der Waals surface area contributed by atoms with Crippen LogP contribution >= 0.6 is 11.6 Å². The molecule has 6 heteroatoms. The number of nitrogens with zero attached hydrogens (tertiary/aromatic N) is 3. The van der Waals surface area contributed by atoms with E-state index in [1.807, 2.05) is 0 Å². The Hall–Kier alpha value is -1.33. The van der Waals surface area contributed by atoms with Gasteiger partial charge in [0.05, 0.1) is 10.6 Å². The summed E-state index contributed by atoms with van der Waals surface area (Å²) >= 11 is 6.17. The second-order valence-electron chi connectivity index (χ2n) is 5.34. The van der Waals surface area contributed by atoms with Crippen molar-refractivity contribution in [2.24, 2.45) is 5.92 Å². The maximum atomic E-state index is 10.9. The van der Waals surface area contributed by atoms with Crippen molar-refractivity contribution in [2.45, 2.75) is 12.5 Å². The molecule has 0 saturated carbocycles. The van der Waals surface area contributed by atoms with Gasteiger partial charge in [-0.1, -0.05) is 11.6 Å². The third-order valence-electron chi connectivity index (χ3n) is 4.19. The molecule has 2 fully saturated rings. The SMILES string of the molecule is CN1CCC2CN(c3ncc(C(=O)O)cc3Cl)CC21. The minimum absolute atomic E-state index is 0.130. The van der Waals surface area contributed by atoms with Gasteiger partial charge in [-0.05, 0) is 32.0 Å². The van der Waals surface area contributed by atoms with E-state index in [1.54, 1.807) is 0 Å². The summed E-state index contributed by atoms with van der Waals surface area (Å²) in [7, 11) is 2.15. The Kier molecular flexibility index (Phi) is 3.11. The number of likely N-dealkylation sites (N-methyl/N-ethyl adjacent to an activating group) is 1. The number of aromatic carboxylic acids is 1. The third-order valence-corrected chi connectivity index (χ3v) is 4.47. The molecule has 2 aliphatic rings. The van der Waals surface area contributed by atoms with Crippen LogP contribution in [0.25, 0.3) is 0 Å². The van der Waals surface area contributed by atoms with Crippen LogP contribution in [-0.2, 0) is 0 Å². The number of aromatic nitrogens is 1. The zero-order valence-electron chi connectivity index (χ0n) is 10.7. The Morgan fingerprint density at radius 2 is 2.32 bits per heavy atom. The van der Waals surface area contributed by atoms with E-state index in [9.17, 15) is 4.79 Å². The Morgan fingerprint density at radius 1 is 1.53 bits per heavy atom. The van der Waals surface area contributed by atoms with E-state index >= 15 is 0 Å². The fraction of sp³-hybridized carbons (Fsp3) is 0.538. The van der Waals surface area contributed by atoms with Gasteiger partial charge in [0.15, 0.2) is 0 Å². The number of carboxylic acids is 1. The molecule has 2 unspecified atom stereocenters. The molecule has 1 N–H and O–H groups in total. The highest BCUT2D eigenvalue weighted by molar-refractivity contribution is 6.33. The smallest absolute Gasteiger partial charge is 0.337 e. The standard InChI is InChI=1S/C13H16ClN3O2/c1-16-3-2-8-6-17(7-11(8)16)12-10(14)4-9(5-15-12)13(18)19/h4-5,8,11H,2-3,6-7H2,1H3,(H,18,19). The molecular weight excluding hydrogens is 266 g/mol. The maximum absolute atomic E-state index is 10.9. The van der Waals surface area contributed by atoms with Crippen LogP contribution < -0.4 is 4.90 Å². The molecule has 19 heavy (non-hydrogen) atoms. The molecule has 0 spiro atoms. The number of hydrogen-bond acceptors (Lipinski definition) is 4. The average molecular weight is 282 g/mol. The van der Waals surface area contributed by atoms with Gasteiger partial charge in [-0.3, -0.25) is 0 Å². The number of likely N-dealkylation sites (tertiary alicyclic amines) is 1. The van der Waals surface area contributed by atoms with Crippen LogP contribution in [0.2, 0.25) is 5.02 Å². The second-order valence-corrected chi connectivity index (χ2v) is 5.74. The Morgan fingerprint density at radius 3 is 2.95 bits per heavy atom. The van der Waals surface area contributed by atoms with Crippen LogP contribution in [0.15, 0.2) is 12.3 Å². The summed E-state index contributed by atoms with van der Waals surface area (Å²) in [5, 5.41) is 9.33. The van der Waals surface area contributed by atoms with Crippen LogP contribution in [0.5, 0.6) is 0 Å². The van der Waals surface area contributed by atoms with Crippen LogP contribution in [0.3, 0.4) is 0 Å². The number of hydrogen-bond donors (Lipinski definition) is 1. The Labute approximate surface area is 116 Å². The topological polar surface area (TPSA) is 56.7 Å². The summed E-state index contributed by atoms with van der Waals surface area (Å²) in [5.41, 5.74) is 0.130. The zero-order valence-corrected chi connectivity index (χ0v) is 11.5. The largest absolute Gasteiger partial charge is 0.478 e. The van der Waals surface area contributed by atoms with Crippen LogP contribution in [0.1, 0.15) is 16.8 Å². The molecular formula is C13H16ClN3O2. The zero-order chi connectivity index (χ0) is 13.6. The molecule has 0 aliphatic carbocycles. The van der Waals surface area contributed by atoms with Gasteiger partial charge in [0.2, 0.25) is 0 Å². The number of carboxylic acid groups (broad SMARTS) is 1. The van der Waals surface area contributed by atoms with Crippen LogP contribution in [0, 0.1) is 5.92 Å². The molecule has 0 radical (unpaired) electrons. The van der Waals surface area contributed by atoms with Gasteiger partial charge in [-0.25, -0.2) is 9.78 Å². The predicted octanol–water partition coefficient (Wildman–Crippen LogP) is 1.57. The predicted molar refractivity (Wildman–Crippen MR) is 72.9 cm³/mol. The van der Waals surface area contributed by atoms with Crippen molar-refractivity contribution in [1.82, 2.24) is 9.88 Å². The van der Waals surface area contributed by atoms with E-state index < -0.39 is 5.97 Å². The van der Waals surface area contributed by atoms with E-state index in [1.165, 1.54) is 18.7 Å². The lowest BCUT2D eigenvalue weighted by Gasteiger charge is -2.22. The molecule has 2 saturated heterocycles. The maximum Gasteiger partial charge on any atom is 0.337 e. The normalized spacial score (nSPS) is 26.7. The average Bonchev–Trinajstić information content (AvgIpc) is 2.92. The quantitative estimate of drug-likeness (QED) is 0.892. The van der Waals surface area contributed by atoms with E-state index in [-0.39, 0.29) is 5.56 Å². The second kappa shape index (κ2) is 4.65. The number of anilines is 1. The first-order valence-corrected chi connectivity index (χ1v) is 6.78. The highest BCUT2D eigenvalue weighted by Gasteiger charge is 2.40. The number of carbonyl (C=O) groups is 1. The summed E-state index contributed by atoms with van der Waals surface area (Å²) < 4.78 is 0. The molecule has 0 amide bonds. The van der Waals surface area contributed by atoms with Gasteiger partial charge in [-0.15, -0.1) is 0 Å². The minimum atomic E-state index is -1.00. The minimum Gasteiger partial charge on any atom is -0.478 e. The first-order chi connectivity index (χ1) is 9.06. The lowest BCUT2D eigenvalue weighted by Crippen LogP contribution is -2.32. The van der Waals surface area contributed by atoms with Crippen molar-refractivity contribution < 1.29 is 9.90 Å². The summed E-state index contributed by atoms with van der Waals surface area (Å²) in [6.07, 6.45) is 2.59. The van der Waals surface area contributed by atoms with E-state index in [0.29, 0.717) is 22.8 Å². The molecule has 0 bridgehead atoms. The van der Waals surface area contributed by atoms with Crippen LogP contribution in [0.4, 0.5) is 5.82 Å². The lowest BCUT2D eigenvalue weighted by molar-refractivity contribution is 0.0696. The summed E-state index contributed by atoms with van der Waals surface area (Å²) in [6.45, 7) is 3.02. The Bertz CT molecular complexity index is 523. The molecule has 1 aromatic heterocycles. The van der Waals surface area contributed by atoms with Gasteiger partial charge in [0.25, 0.3) is 0 Å². The van der Waals surface area contributed by atoms with Crippen molar-refractivity contribution in [3.05, 3.63) is 22.8 Å². The molecule has 5 nitrogen and oxygen atoms in total. The number of fused-ring (bicyclic) bond motifs is 1. The first-order valence-electron chi connectivity index (χ1n) is 6.40. The monoisotopic (exact) mass is 281 g/mol. The van der Waals surface area contributed by atoms with Crippen molar-refractivity contribution in [3.8, 4) is 0 Å². The summed E-state index contributed by atoms with van der Waals surface area (Å²) in [6, 6.07) is 2.04.